The number of rotatable bonds is 5. The Hall–Kier alpha value is -2.60. The van der Waals surface area contributed by atoms with E-state index in [1.165, 1.54) is 4.90 Å². The zero-order valence-corrected chi connectivity index (χ0v) is 12.0. The number of nitrogens with zero attached hydrogens (tertiary/aromatic N) is 1. The van der Waals surface area contributed by atoms with Gasteiger partial charge in [-0.2, -0.15) is 0 Å². The van der Waals surface area contributed by atoms with Crippen LogP contribution in [0, 0.1) is 0 Å². The minimum absolute atomic E-state index is 0.0632. The molecule has 6 heteroatoms. The predicted octanol–water partition coefficient (Wildman–Crippen LogP) is 1.51. The van der Waals surface area contributed by atoms with Gasteiger partial charge < -0.3 is 9.73 Å². The first-order valence-corrected chi connectivity index (χ1v) is 7.15. The molecule has 3 amide bonds. The van der Waals surface area contributed by atoms with Gasteiger partial charge in [-0.3, -0.25) is 15.0 Å². The molecule has 2 aromatic rings. The number of amides is 3. The van der Waals surface area contributed by atoms with Crippen LogP contribution < -0.4 is 10.6 Å². The molecule has 114 valence electrons. The highest BCUT2D eigenvalue weighted by atomic mass is 16.3. The van der Waals surface area contributed by atoms with Gasteiger partial charge in [-0.05, 0) is 17.7 Å². The second kappa shape index (κ2) is 6.44. The molecule has 0 spiro atoms. The van der Waals surface area contributed by atoms with E-state index >= 15 is 0 Å². The van der Waals surface area contributed by atoms with Crippen molar-refractivity contribution < 1.29 is 14.0 Å². The van der Waals surface area contributed by atoms with Gasteiger partial charge in [0, 0.05) is 13.1 Å². The van der Waals surface area contributed by atoms with Crippen LogP contribution in [0.2, 0.25) is 0 Å². The molecular formula is C16H17N3O3. The predicted molar refractivity (Wildman–Crippen MR) is 80.1 cm³/mol. The fourth-order valence-electron chi connectivity index (χ4n) is 2.48. The maximum Gasteiger partial charge on any atom is 0.324 e. The molecule has 1 fully saturated rings. The zero-order chi connectivity index (χ0) is 15.4. The third kappa shape index (κ3) is 3.01. The lowest BCUT2D eigenvalue weighted by molar-refractivity contribution is -0.126. The van der Waals surface area contributed by atoms with Gasteiger partial charge in [0.25, 0.3) is 0 Å². The van der Waals surface area contributed by atoms with E-state index in [0.717, 1.165) is 11.3 Å². The third-order valence-electron chi connectivity index (χ3n) is 3.58. The average molecular weight is 299 g/mol. The van der Waals surface area contributed by atoms with E-state index in [1.807, 2.05) is 42.5 Å². The summed E-state index contributed by atoms with van der Waals surface area (Å²) >= 11 is 0. The number of hydrogen-bond acceptors (Lipinski definition) is 4. The van der Waals surface area contributed by atoms with Crippen LogP contribution in [-0.4, -0.2) is 36.5 Å². The van der Waals surface area contributed by atoms with E-state index in [0.29, 0.717) is 13.1 Å². The van der Waals surface area contributed by atoms with Crippen LogP contribution in [0.4, 0.5) is 4.79 Å². The van der Waals surface area contributed by atoms with Gasteiger partial charge in [-0.15, -0.1) is 0 Å². The molecule has 0 saturated carbocycles. The van der Waals surface area contributed by atoms with E-state index in [9.17, 15) is 9.59 Å². The van der Waals surface area contributed by atoms with Gasteiger partial charge >= 0.3 is 6.03 Å². The first-order valence-electron chi connectivity index (χ1n) is 7.15. The maximum absolute atomic E-state index is 12.1. The fourth-order valence-corrected chi connectivity index (χ4v) is 2.48. The molecule has 0 radical (unpaired) electrons. The molecule has 1 aromatic heterocycles. The van der Waals surface area contributed by atoms with E-state index in [1.54, 1.807) is 6.26 Å². The number of furan rings is 1. The van der Waals surface area contributed by atoms with Gasteiger partial charge in [0.1, 0.15) is 5.76 Å². The summed E-state index contributed by atoms with van der Waals surface area (Å²) in [5.41, 5.74) is 0.996. The summed E-state index contributed by atoms with van der Waals surface area (Å²) < 4.78 is 5.46. The van der Waals surface area contributed by atoms with Gasteiger partial charge in [0.05, 0.1) is 18.8 Å². The molecule has 2 N–H and O–H groups in total. The quantitative estimate of drug-likeness (QED) is 0.877. The smallest absolute Gasteiger partial charge is 0.324 e. The molecule has 1 aliphatic rings. The van der Waals surface area contributed by atoms with Crippen molar-refractivity contribution in [3.8, 4) is 0 Å². The standard InChI is InChI=1S/C16H17N3O3/c20-14(19-9-8-17-16(19)21)11-18-15(13-7-4-10-22-13)12-5-2-1-3-6-12/h1-7,10,15,18H,8-9,11H2,(H,17,21)/t15-/m1/s1. The van der Waals surface area contributed by atoms with Crippen molar-refractivity contribution in [1.82, 2.24) is 15.5 Å². The summed E-state index contributed by atoms with van der Waals surface area (Å²) in [5, 5.41) is 5.79. The molecule has 0 unspecified atom stereocenters. The highest BCUT2D eigenvalue weighted by Crippen LogP contribution is 2.22. The van der Waals surface area contributed by atoms with Crippen molar-refractivity contribution >= 4 is 11.9 Å². The summed E-state index contributed by atoms with van der Waals surface area (Å²) in [6.45, 7) is 0.981. The van der Waals surface area contributed by atoms with Crippen molar-refractivity contribution in [3.63, 3.8) is 0 Å². The molecule has 6 nitrogen and oxygen atoms in total. The Morgan fingerprint density at radius 1 is 1.27 bits per heavy atom. The lowest BCUT2D eigenvalue weighted by atomic mass is 10.0. The monoisotopic (exact) mass is 299 g/mol. The number of imide groups is 1. The molecule has 0 bridgehead atoms. The van der Waals surface area contributed by atoms with E-state index < -0.39 is 0 Å². The minimum Gasteiger partial charge on any atom is -0.467 e. The maximum atomic E-state index is 12.1. The Balaban J connectivity index is 1.71. The number of nitrogens with one attached hydrogen (secondary N) is 2. The highest BCUT2D eigenvalue weighted by molar-refractivity contribution is 5.96. The second-order valence-corrected chi connectivity index (χ2v) is 5.02. The fraction of sp³-hybridized carbons (Fsp3) is 0.250. The van der Waals surface area contributed by atoms with Crippen LogP contribution in [0.3, 0.4) is 0 Å². The van der Waals surface area contributed by atoms with Gasteiger partial charge in [-0.25, -0.2) is 4.79 Å². The van der Waals surface area contributed by atoms with Crippen LogP contribution in [0.5, 0.6) is 0 Å². The topological polar surface area (TPSA) is 74.6 Å². The summed E-state index contributed by atoms with van der Waals surface area (Å²) in [7, 11) is 0. The second-order valence-electron chi connectivity index (χ2n) is 5.02. The average Bonchev–Trinajstić information content (AvgIpc) is 3.20. The molecule has 1 aliphatic heterocycles. The van der Waals surface area contributed by atoms with Gasteiger partial charge in [0.15, 0.2) is 0 Å². The lowest BCUT2D eigenvalue weighted by Crippen LogP contribution is -2.41. The first kappa shape index (κ1) is 14.3. The number of benzene rings is 1. The van der Waals surface area contributed by atoms with E-state index in [2.05, 4.69) is 10.6 Å². The Morgan fingerprint density at radius 3 is 2.73 bits per heavy atom. The third-order valence-corrected chi connectivity index (χ3v) is 3.58. The summed E-state index contributed by atoms with van der Waals surface area (Å²) in [6, 6.07) is 12.8. The number of hydrogen-bond donors (Lipinski definition) is 2. The Kier molecular flexibility index (Phi) is 4.20. The van der Waals surface area contributed by atoms with Crippen LogP contribution in [0.1, 0.15) is 17.4 Å². The van der Waals surface area contributed by atoms with Crippen LogP contribution in [-0.2, 0) is 4.79 Å². The molecule has 1 saturated heterocycles. The summed E-state index contributed by atoms with van der Waals surface area (Å²) in [6.07, 6.45) is 1.60. The van der Waals surface area contributed by atoms with Crippen molar-refractivity contribution in [1.29, 1.82) is 0 Å². The summed E-state index contributed by atoms with van der Waals surface area (Å²) in [4.78, 5) is 24.9. The number of carbonyl (C=O) groups is 2. The molecule has 22 heavy (non-hydrogen) atoms. The molecule has 3 rings (SSSR count). The highest BCUT2D eigenvalue weighted by Gasteiger charge is 2.27. The Bertz CT molecular complexity index is 640. The van der Waals surface area contributed by atoms with Crippen molar-refractivity contribution in [2.24, 2.45) is 0 Å². The van der Waals surface area contributed by atoms with E-state index in [-0.39, 0.29) is 24.5 Å². The van der Waals surface area contributed by atoms with Crippen LogP contribution >= 0.6 is 0 Å². The van der Waals surface area contributed by atoms with Crippen molar-refractivity contribution in [2.45, 2.75) is 6.04 Å². The van der Waals surface area contributed by atoms with E-state index in [4.69, 9.17) is 4.42 Å². The van der Waals surface area contributed by atoms with Crippen molar-refractivity contribution in [3.05, 3.63) is 60.1 Å². The molecule has 1 atom stereocenters. The minimum atomic E-state index is -0.332. The number of carbonyl (C=O) groups excluding carboxylic acids is 2. The molecule has 2 heterocycles. The SMILES string of the molecule is O=C(CN[C@H](c1ccccc1)c1ccco1)N1CCNC1=O. The lowest BCUT2D eigenvalue weighted by Gasteiger charge is -2.19. The van der Waals surface area contributed by atoms with Gasteiger partial charge in [0.2, 0.25) is 5.91 Å². The zero-order valence-electron chi connectivity index (χ0n) is 12.0. The largest absolute Gasteiger partial charge is 0.467 e. The van der Waals surface area contributed by atoms with Crippen LogP contribution in [0.25, 0.3) is 0 Å². The van der Waals surface area contributed by atoms with Crippen molar-refractivity contribution in [2.75, 3.05) is 19.6 Å². The summed E-state index contributed by atoms with van der Waals surface area (Å²) in [5.74, 6) is 0.479. The van der Waals surface area contributed by atoms with Gasteiger partial charge in [-0.1, -0.05) is 30.3 Å². The van der Waals surface area contributed by atoms with Crippen LogP contribution in [0.15, 0.2) is 53.1 Å². The molecule has 0 aliphatic carbocycles. The molecule has 1 aromatic carbocycles. The Labute approximate surface area is 128 Å². The number of urea groups is 1. The Morgan fingerprint density at radius 2 is 2.09 bits per heavy atom. The normalized spacial score (nSPS) is 15.6. The first-order chi connectivity index (χ1) is 10.8. The molecular weight excluding hydrogens is 282 g/mol.